The van der Waals surface area contributed by atoms with Gasteiger partial charge in [-0.05, 0) is 35.5 Å². The molecule has 1 saturated heterocycles. The number of likely N-dealkylation sites (N-methyl/N-ethyl adjacent to an activating group) is 1. The molecule has 1 atom stereocenters. The highest BCUT2D eigenvalue weighted by molar-refractivity contribution is 5.83. The summed E-state index contributed by atoms with van der Waals surface area (Å²) in [5, 5.41) is 6.13. The van der Waals surface area contributed by atoms with Gasteiger partial charge in [0.2, 0.25) is 0 Å². The molecule has 2 aromatic rings. The van der Waals surface area contributed by atoms with Crippen LogP contribution in [0, 0.1) is 0 Å². The zero-order valence-corrected chi connectivity index (χ0v) is 14.5. The molecule has 3 rings (SSSR count). The zero-order valence-electron chi connectivity index (χ0n) is 14.5. The molecular weight excluding hydrogens is 282 g/mol. The number of nitrogens with one attached hydrogen (secondary N) is 1. The quantitative estimate of drug-likeness (QED) is 0.884. The molecule has 1 aliphatic heterocycles. The van der Waals surface area contributed by atoms with E-state index in [1.807, 2.05) is 0 Å². The maximum atomic E-state index is 3.45. The van der Waals surface area contributed by atoms with E-state index in [9.17, 15) is 0 Å². The molecule has 0 saturated carbocycles. The van der Waals surface area contributed by atoms with Crippen molar-refractivity contribution in [1.29, 1.82) is 0 Å². The largest absolute Gasteiger partial charge is 0.314 e. The Morgan fingerprint density at radius 1 is 1.00 bits per heavy atom. The van der Waals surface area contributed by atoms with E-state index in [1.54, 1.807) is 0 Å². The average Bonchev–Trinajstić information content (AvgIpc) is 2.62. The van der Waals surface area contributed by atoms with E-state index in [4.69, 9.17) is 0 Å². The predicted molar refractivity (Wildman–Crippen MR) is 98.9 cm³/mol. The van der Waals surface area contributed by atoms with Crippen molar-refractivity contribution >= 4 is 10.8 Å². The summed E-state index contributed by atoms with van der Waals surface area (Å²) >= 11 is 0. The molecular formula is C20H29N3. The van der Waals surface area contributed by atoms with Crippen molar-refractivity contribution in [3.05, 3.63) is 48.0 Å². The Bertz CT molecular complexity index is 615. The molecule has 1 fully saturated rings. The first kappa shape index (κ1) is 16.4. The molecule has 124 valence electrons. The van der Waals surface area contributed by atoms with E-state index in [-0.39, 0.29) is 0 Å². The lowest BCUT2D eigenvalue weighted by atomic mass is 10.00. The number of fused-ring (bicyclic) bond motifs is 1. The molecule has 1 heterocycles. The van der Waals surface area contributed by atoms with Gasteiger partial charge in [-0.3, -0.25) is 9.80 Å². The Hall–Kier alpha value is -1.42. The average molecular weight is 311 g/mol. The van der Waals surface area contributed by atoms with E-state index in [1.165, 1.54) is 16.3 Å². The molecule has 0 aliphatic carbocycles. The van der Waals surface area contributed by atoms with Gasteiger partial charge >= 0.3 is 0 Å². The molecule has 0 amide bonds. The summed E-state index contributed by atoms with van der Waals surface area (Å²) in [5.41, 5.74) is 1.45. The third kappa shape index (κ3) is 3.92. The Morgan fingerprint density at radius 3 is 2.39 bits per heavy atom. The number of benzene rings is 2. The highest BCUT2D eigenvalue weighted by atomic mass is 15.2. The topological polar surface area (TPSA) is 18.5 Å². The fraction of sp³-hybridized carbons (Fsp3) is 0.500. The van der Waals surface area contributed by atoms with Crippen LogP contribution in [0.5, 0.6) is 0 Å². The molecule has 0 aromatic heterocycles. The number of hydrogen-bond acceptors (Lipinski definition) is 3. The summed E-state index contributed by atoms with van der Waals surface area (Å²) in [5.74, 6) is 0. The summed E-state index contributed by atoms with van der Waals surface area (Å²) in [6.07, 6.45) is 0. The van der Waals surface area contributed by atoms with Crippen molar-refractivity contribution in [2.24, 2.45) is 0 Å². The summed E-state index contributed by atoms with van der Waals surface area (Å²) < 4.78 is 0. The summed E-state index contributed by atoms with van der Waals surface area (Å²) in [4.78, 5) is 5.20. The zero-order chi connectivity index (χ0) is 16.1. The Kier molecular flexibility index (Phi) is 5.65. The van der Waals surface area contributed by atoms with E-state index >= 15 is 0 Å². The van der Waals surface area contributed by atoms with E-state index in [2.05, 4.69) is 71.4 Å². The lowest BCUT2D eigenvalue weighted by Gasteiger charge is -2.36. The molecule has 1 unspecified atom stereocenters. The molecule has 3 heteroatoms. The molecule has 23 heavy (non-hydrogen) atoms. The Balaban J connectivity index is 1.88. The number of rotatable bonds is 6. The Morgan fingerprint density at radius 2 is 1.70 bits per heavy atom. The van der Waals surface area contributed by atoms with Gasteiger partial charge in [-0.1, -0.05) is 50.2 Å². The first-order valence-electron chi connectivity index (χ1n) is 8.97. The van der Waals surface area contributed by atoms with Crippen LogP contribution >= 0.6 is 0 Å². The van der Waals surface area contributed by atoms with Gasteiger partial charge in [0.1, 0.15) is 0 Å². The molecule has 1 aliphatic rings. The van der Waals surface area contributed by atoms with Crippen molar-refractivity contribution in [3.8, 4) is 0 Å². The maximum absolute atomic E-state index is 3.45. The molecule has 2 aromatic carbocycles. The highest BCUT2D eigenvalue weighted by Crippen LogP contribution is 2.26. The van der Waals surface area contributed by atoms with Crippen LogP contribution in [-0.4, -0.2) is 55.6 Å². The first-order chi connectivity index (χ1) is 11.3. The van der Waals surface area contributed by atoms with Gasteiger partial charge in [-0.2, -0.15) is 0 Å². The van der Waals surface area contributed by atoms with Crippen LogP contribution in [0.1, 0.15) is 25.5 Å². The van der Waals surface area contributed by atoms with Gasteiger partial charge in [-0.15, -0.1) is 0 Å². The SMILES string of the molecule is CCN(CC)C(CN1CCNCC1)c1ccc2ccccc2c1. The van der Waals surface area contributed by atoms with Crippen molar-refractivity contribution in [2.75, 3.05) is 45.8 Å². The lowest BCUT2D eigenvalue weighted by molar-refractivity contribution is 0.138. The van der Waals surface area contributed by atoms with E-state index < -0.39 is 0 Å². The predicted octanol–water partition coefficient (Wildman–Crippen LogP) is 3.13. The second-order valence-corrected chi connectivity index (χ2v) is 6.39. The van der Waals surface area contributed by atoms with Crippen LogP contribution in [0.15, 0.2) is 42.5 Å². The van der Waals surface area contributed by atoms with E-state index in [0.717, 1.165) is 45.8 Å². The monoisotopic (exact) mass is 311 g/mol. The third-order valence-electron chi connectivity index (χ3n) is 5.05. The van der Waals surface area contributed by atoms with Gasteiger partial charge in [-0.25, -0.2) is 0 Å². The fourth-order valence-corrected chi connectivity index (χ4v) is 3.65. The van der Waals surface area contributed by atoms with Gasteiger partial charge in [0.15, 0.2) is 0 Å². The van der Waals surface area contributed by atoms with Crippen molar-refractivity contribution in [2.45, 2.75) is 19.9 Å². The second-order valence-electron chi connectivity index (χ2n) is 6.39. The Labute approximate surface area is 140 Å². The molecule has 3 nitrogen and oxygen atoms in total. The van der Waals surface area contributed by atoms with E-state index in [0.29, 0.717) is 6.04 Å². The van der Waals surface area contributed by atoms with Crippen LogP contribution in [0.4, 0.5) is 0 Å². The van der Waals surface area contributed by atoms with Crippen LogP contribution in [-0.2, 0) is 0 Å². The van der Waals surface area contributed by atoms with Gasteiger partial charge in [0.05, 0.1) is 0 Å². The minimum atomic E-state index is 0.479. The fourth-order valence-electron chi connectivity index (χ4n) is 3.65. The number of piperazine rings is 1. The highest BCUT2D eigenvalue weighted by Gasteiger charge is 2.22. The lowest BCUT2D eigenvalue weighted by Crippen LogP contribution is -2.47. The third-order valence-corrected chi connectivity index (χ3v) is 5.05. The van der Waals surface area contributed by atoms with Crippen molar-refractivity contribution in [3.63, 3.8) is 0 Å². The first-order valence-corrected chi connectivity index (χ1v) is 8.97. The number of nitrogens with zero attached hydrogens (tertiary/aromatic N) is 2. The second kappa shape index (κ2) is 7.91. The summed E-state index contributed by atoms with van der Waals surface area (Å²) in [6, 6.07) is 16.1. The normalized spacial score (nSPS) is 17.7. The van der Waals surface area contributed by atoms with Gasteiger partial charge in [0.25, 0.3) is 0 Å². The summed E-state index contributed by atoms with van der Waals surface area (Å²) in [6.45, 7) is 12.4. The molecule has 0 radical (unpaired) electrons. The standard InChI is InChI=1S/C20H29N3/c1-3-23(4-2)20(16-22-13-11-21-12-14-22)19-10-9-17-7-5-6-8-18(17)15-19/h5-10,15,20-21H,3-4,11-14,16H2,1-2H3. The minimum absolute atomic E-state index is 0.479. The molecule has 0 bridgehead atoms. The molecule has 1 N–H and O–H groups in total. The van der Waals surface area contributed by atoms with Crippen molar-refractivity contribution in [1.82, 2.24) is 15.1 Å². The smallest absolute Gasteiger partial charge is 0.0475 e. The maximum Gasteiger partial charge on any atom is 0.0475 e. The van der Waals surface area contributed by atoms with Crippen LogP contribution < -0.4 is 5.32 Å². The molecule has 0 spiro atoms. The number of hydrogen-bond donors (Lipinski definition) is 1. The van der Waals surface area contributed by atoms with Crippen molar-refractivity contribution < 1.29 is 0 Å². The van der Waals surface area contributed by atoms with Gasteiger partial charge in [0, 0.05) is 38.8 Å². The van der Waals surface area contributed by atoms with Crippen LogP contribution in [0.2, 0.25) is 0 Å². The van der Waals surface area contributed by atoms with Crippen LogP contribution in [0.25, 0.3) is 10.8 Å². The minimum Gasteiger partial charge on any atom is -0.314 e. The van der Waals surface area contributed by atoms with Crippen LogP contribution in [0.3, 0.4) is 0 Å². The summed E-state index contributed by atoms with van der Waals surface area (Å²) in [7, 11) is 0. The van der Waals surface area contributed by atoms with Gasteiger partial charge < -0.3 is 5.32 Å².